The first kappa shape index (κ1) is 22.7. The Labute approximate surface area is 173 Å². The number of thioether (sulfide) groups is 1. The van der Waals surface area contributed by atoms with Crippen molar-refractivity contribution < 1.29 is 27.2 Å². The summed E-state index contributed by atoms with van der Waals surface area (Å²) in [5.41, 5.74) is -0.386. The Morgan fingerprint density at radius 3 is 2.07 bits per heavy atom. The third-order valence-corrected chi connectivity index (χ3v) is 5.68. The monoisotopic (exact) mass is 452 g/mol. The number of ketones is 1. The van der Waals surface area contributed by atoms with Crippen molar-refractivity contribution in [2.45, 2.75) is 31.2 Å². The maximum atomic E-state index is 14.2. The molecule has 0 saturated heterocycles. The van der Waals surface area contributed by atoms with Gasteiger partial charge in [0.05, 0.1) is 0 Å². The minimum atomic E-state index is -4.98. The van der Waals surface area contributed by atoms with Crippen LogP contribution < -0.4 is 0 Å². The van der Waals surface area contributed by atoms with Gasteiger partial charge in [-0.05, 0) is 54.4 Å². The normalized spacial score (nSPS) is 13.9. The Hall–Kier alpha value is -1.57. The fourth-order valence-corrected chi connectivity index (χ4v) is 4.27. The number of hydrogen-bond donors (Lipinski definition) is 0. The Balaban J connectivity index is 2.64. The molecule has 0 saturated carbocycles. The van der Waals surface area contributed by atoms with Crippen molar-refractivity contribution in [2.75, 3.05) is 0 Å². The zero-order valence-corrected chi connectivity index (χ0v) is 17.0. The summed E-state index contributed by atoms with van der Waals surface area (Å²) in [6, 6.07) is 6.58. The van der Waals surface area contributed by atoms with E-state index in [1.54, 1.807) is 0 Å². The van der Waals surface area contributed by atoms with E-state index >= 15 is 0 Å². The Bertz CT molecular complexity index is 910. The lowest BCUT2D eigenvalue weighted by molar-refractivity contribution is -0.162. The van der Waals surface area contributed by atoms with E-state index in [-0.39, 0.29) is 32.9 Å². The molecule has 0 spiro atoms. The molecule has 0 aliphatic heterocycles. The zero-order valence-electron chi connectivity index (χ0n) is 14.7. The lowest BCUT2D eigenvalue weighted by atomic mass is 9.89. The van der Waals surface area contributed by atoms with Crippen molar-refractivity contribution in [1.82, 2.24) is 0 Å². The van der Waals surface area contributed by atoms with E-state index in [4.69, 9.17) is 23.2 Å². The van der Waals surface area contributed by atoms with Crippen molar-refractivity contribution >= 4 is 45.9 Å². The molecule has 0 N–H and O–H groups in total. The molecule has 2 nitrogen and oxygen atoms in total. The van der Waals surface area contributed by atoms with E-state index in [0.29, 0.717) is 0 Å². The average molecular weight is 453 g/mol. The second kappa shape index (κ2) is 8.43. The van der Waals surface area contributed by atoms with Crippen molar-refractivity contribution in [1.29, 1.82) is 0 Å². The second-order valence-corrected chi connectivity index (χ2v) is 8.49. The minimum absolute atomic E-state index is 0.0213. The van der Waals surface area contributed by atoms with Crippen molar-refractivity contribution in [3.63, 3.8) is 0 Å². The molecule has 2 aromatic carbocycles. The summed E-state index contributed by atoms with van der Waals surface area (Å²) < 4.78 is 53.2. The van der Waals surface area contributed by atoms with E-state index in [1.165, 1.54) is 19.1 Å². The van der Waals surface area contributed by atoms with Crippen LogP contribution in [0.2, 0.25) is 10.0 Å². The number of halogens is 6. The maximum Gasteiger partial charge on any atom is 0.408 e. The molecule has 1 atom stereocenters. The third kappa shape index (κ3) is 4.88. The van der Waals surface area contributed by atoms with Gasteiger partial charge in [0.25, 0.3) is 0 Å². The summed E-state index contributed by atoms with van der Waals surface area (Å²) in [6.07, 6.45) is -6.06. The largest absolute Gasteiger partial charge is 0.408 e. The second-order valence-electron chi connectivity index (χ2n) is 6.14. The van der Waals surface area contributed by atoms with Gasteiger partial charge in [0.1, 0.15) is 5.82 Å². The zero-order chi connectivity index (χ0) is 21.3. The van der Waals surface area contributed by atoms with Crippen LogP contribution in [0.1, 0.15) is 34.8 Å². The summed E-state index contributed by atoms with van der Waals surface area (Å²) in [7, 11) is 0. The number of alkyl halides is 3. The molecule has 150 valence electrons. The van der Waals surface area contributed by atoms with Gasteiger partial charge in [0.15, 0.2) is 15.6 Å². The van der Waals surface area contributed by atoms with Crippen LogP contribution in [0.15, 0.2) is 36.4 Å². The van der Waals surface area contributed by atoms with Crippen LogP contribution in [-0.2, 0) is 9.54 Å². The van der Waals surface area contributed by atoms with Gasteiger partial charge in [-0.1, -0.05) is 35.0 Å². The van der Waals surface area contributed by atoms with Gasteiger partial charge in [-0.2, -0.15) is 13.2 Å². The third-order valence-electron chi connectivity index (χ3n) is 3.99. The van der Waals surface area contributed by atoms with Crippen LogP contribution in [0.4, 0.5) is 17.6 Å². The summed E-state index contributed by atoms with van der Waals surface area (Å²) in [5, 5.41) is -0.966. The molecular weight excluding hydrogens is 439 g/mol. The van der Waals surface area contributed by atoms with Gasteiger partial charge >= 0.3 is 6.18 Å². The molecule has 2 aromatic rings. The van der Waals surface area contributed by atoms with E-state index in [2.05, 4.69) is 0 Å². The number of Topliss-reactive ketones (excluding diaryl/α,β-unsaturated/α-hetero) is 1. The quantitative estimate of drug-likeness (QED) is 0.371. The van der Waals surface area contributed by atoms with Gasteiger partial charge in [0, 0.05) is 29.0 Å². The summed E-state index contributed by atoms with van der Waals surface area (Å²) in [4.78, 5) is 24.4. The predicted molar refractivity (Wildman–Crippen MR) is 103 cm³/mol. The fraction of sp³-hybridized carbons (Fsp3) is 0.263. The van der Waals surface area contributed by atoms with Crippen LogP contribution in [-0.4, -0.2) is 17.1 Å². The van der Waals surface area contributed by atoms with E-state index in [9.17, 15) is 27.2 Å². The number of aryl methyl sites for hydroxylation is 1. The summed E-state index contributed by atoms with van der Waals surface area (Å²) in [6.45, 7) is 2.37. The molecule has 0 radical (unpaired) electrons. The SMILES string of the molecule is CC(=O)SC(CC(=O)c1ccc(F)c(C)c1)(c1cc(Cl)cc(Cl)c1)C(F)(F)F. The molecule has 9 heteroatoms. The lowest BCUT2D eigenvalue weighted by Gasteiger charge is -2.34. The van der Waals surface area contributed by atoms with Crippen LogP contribution in [0.25, 0.3) is 0 Å². The first-order chi connectivity index (χ1) is 12.9. The molecule has 2 rings (SSSR count). The first-order valence-corrected chi connectivity index (χ1v) is 9.45. The number of rotatable bonds is 5. The Kier molecular flexibility index (Phi) is 6.84. The molecule has 0 bridgehead atoms. The smallest absolute Gasteiger partial charge is 0.294 e. The van der Waals surface area contributed by atoms with E-state index in [0.717, 1.165) is 31.2 Å². The Morgan fingerprint density at radius 1 is 1.04 bits per heavy atom. The molecule has 0 heterocycles. The highest BCUT2D eigenvalue weighted by atomic mass is 35.5. The van der Waals surface area contributed by atoms with Crippen molar-refractivity contribution in [3.8, 4) is 0 Å². The van der Waals surface area contributed by atoms with Crippen LogP contribution in [0.5, 0.6) is 0 Å². The van der Waals surface area contributed by atoms with Crippen LogP contribution in [0.3, 0.4) is 0 Å². The van der Waals surface area contributed by atoms with Crippen LogP contribution >= 0.6 is 35.0 Å². The summed E-state index contributed by atoms with van der Waals surface area (Å²) in [5.74, 6) is -1.48. The highest BCUT2D eigenvalue weighted by Gasteiger charge is 2.58. The highest BCUT2D eigenvalue weighted by molar-refractivity contribution is 8.14. The maximum absolute atomic E-state index is 14.2. The lowest BCUT2D eigenvalue weighted by Crippen LogP contribution is -2.42. The fourth-order valence-electron chi connectivity index (χ4n) is 2.70. The average Bonchev–Trinajstić information content (AvgIpc) is 2.54. The first-order valence-electron chi connectivity index (χ1n) is 7.88. The van der Waals surface area contributed by atoms with Gasteiger partial charge in [-0.15, -0.1) is 0 Å². The molecule has 0 aliphatic rings. The van der Waals surface area contributed by atoms with E-state index in [1.807, 2.05) is 0 Å². The molecule has 28 heavy (non-hydrogen) atoms. The topological polar surface area (TPSA) is 34.1 Å². The van der Waals surface area contributed by atoms with E-state index < -0.39 is 39.6 Å². The molecule has 1 unspecified atom stereocenters. The van der Waals surface area contributed by atoms with Crippen molar-refractivity contribution in [3.05, 3.63) is 69.0 Å². The van der Waals surface area contributed by atoms with Gasteiger partial charge in [-0.25, -0.2) is 4.39 Å². The molecular formula is C19H14Cl2F4O2S. The Morgan fingerprint density at radius 2 is 1.61 bits per heavy atom. The highest BCUT2D eigenvalue weighted by Crippen LogP contribution is 2.53. The number of carbonyl (C=O) groups excluding carboxylic acids is 2. The van der Waals surface area contributed by atoms with Gasteiger partial charge < -0.3 is 0 Å². The molecule has 0 amide bonds. The molecule has 0 aliphatic carbocycles. The molecule has 0 aromatic heterocycles. The predicted octanol–water partition coefficient (Wildman–Crippen LogP) is 6.75. The summed E-state index contributed by atoms with van der Waals surface area (Å²) >= 11 is 11.7. The number of carbonyl (C=O) groups is 2. The molecule has 0 fully saturated rings. The minimum Gasteiger partial charge on any atom is -0.294 e. The van der Waals surface area contributed by atoms with Crippen LogP contribution in [0, 0.1) is 12.7 Å². The number of benzene rings is 2. The standard InChI is InChI=1S/C19H14Cl2F4O2S/c1-10-5-12(3-4-16(10)22)17(27)9-18(19(23,24)25,28-11(2)26)13-6-14(20)8-15(21)7-13/h3-8H,9H2,1-2H3. The van der Waals surface area contributed by atoms with Crippen molar-refractivity contribution in [2.24, 2.45) is 0 Å². The van der Waals surface area contributed by atoms with Gasteiger partial charge in [0.2, 0.25) is 0 Å². The van der Waals surface area contributed by atoms with Gasteiger partial charge in [-0.3, -0.25) is 9.59 Å². The number of hydrogen-bond acceptors (Lipinski definition) is 3.